The fourth-order valence-electron chi connectivity index (χ4n) is 2.53. The zero-order valence-corrected chi connectivity index (χ0v) is 18.3. The Morgan fingerprint density at radius 3 is 2.32 bits per heavy atom. The second-order valence-corrected chi connectivity index (χ2v) is 8.32. The Balaban J connectivity index is 1.77. The van der Waals surface area contributed by atoms with Crippen LogP contribution in [0, 0.1) is 0 Å². The third-order valence-corrected chi connectivity index (χ3v) is 4.81. The lowest BCUT2D eigenvalue weighted by Gasteiger charge is -2.20. The molecule has 0 atom stereocenters. The minimum Gasteiger partial charge on any atom is -0.492 e. The number of hydrogen-bond acceptors (Lipinski definition) is 4. The molecule has 2 rings (SSSR count). The summed E-state index contributed by atoms with van der Waals surface area (Å²) >= 11 is 3.55. The Morgan fingerprint density at radius 2 is 1.75 bits per heavy atom. The van der Waals surface area contributed by atoms with Crippen LogP contribution in [0.5, 0.6) is 5.75 Å². The predicted octanol–water partition coefficient (Wildman–Crippen LogP) is 5.33. The van der Waals surface area contributed by atoms with Crippen molar-refractivity contribution in [1.29, 1.82) is 0 Å². The Bertz CT molecular complexity index is 825. The molecule has 150 valence electrons. The molecule has 1 amide bonds. The number of benzene rings is 2. The van der Waals surface area contributed by atoms with E-state index in [1.165, 1.54) is 12.7 Å². The van der Waals surface area contributed by atoms with E-state index >= 15 is 0 Å². The van der Waals surface area contributed by atoms with Gasteiger partial charge in [-0.3, -0.25) is 4.79 Å². The molecule has 0 spiro atoms. The summed E-state index contributed by atoms with van der Waals surface area (Å²) in [6.45, 7) is 6.94. The number of amides is 1. The van der Waals surface area contributed by atoms with E-state index < -0.39 is 5.97 Å². The number of carbonyl (C=O) groups excluding carboxylic acids is 2. The molecule has 0 aliphatic carbocycles. The molecule has 0 aliphatic heterocycles. The van der Waals surface area contributed by atoms with E-state index in [-0.39, 0.29) is 11.3 Å². The maximum atomic E-state index is 12.1. The van der Waals surface area contributed by atoms with Gasteiger partial charge in [0.05, 0.1) is 23.8 Å². The standard InChI is InChI=1S/C22H26BrNO4/c1-22(2,3)16-9-12-19(18(23)14-16)28-13-5-6-20(25)24-17-10-7-15(8-11-17)21(26)27-4/h7-12,14H,5-6,13H2,1-4H3,(H,24,25). The lowest BCUT2D eigenvalue weighted by molar-refractivity contribution is -0.116. The van der Waals surface area contributed by atoms with Gasteiger partial charge in [-0.2, -0.15) is 0 Å². The molecule has 2 aromatic carbocycles. The lowest BCUT2D eigenvalue weighted by atomic mass is 9.87. The third-order valence-electron chi connectivity index (χ3n) is 4.19. The summed E-state index contributed by atoms with van der Waals surface area (Å²) in [6, 6.07) is 12.7. The highest BCUT2D eigenvalue weighted by molar-refractivity contribution is 9.10. The average molecular weight is 448 g/mol. The van der Waals surface area contributed by atoms with Crippen LogP contribution in [-0.2, 0) is 14.9 Å². The summed E-state index contributed by atoms with van der Waals surface area (Å²) in [7, 11) is 1.33. The summed E-state index contributed by atoms with van der Waals surface area (Å²) in [5, 5.41) is 2.80. The van der Waals surface area contributed by atoms with Crippen molar-refractivity contribution in [3.8, 4) is 5.75 Å². The first-order valence-electron chi connectivity index (χ1n) is 9.12. The minimum absolute atomic E-state index is 0.0776. The number of halogens is 1. The molecular weight excluding hydrogens is 422 g/mol. The number of anilines is 1. The first-order chi connectivity index (χ1) is 13.2. The smallest absolute Gasteiger partial charge is 0.337 e. The second-order valence-electron chi connectivity index (χ2n) is 7.46. The van der Waals surface area contributed by atoms with Gasteiger partial charge in [0.1, 0.15) is 5.75 Å². The number of methoxy groups -OCH3 is 1. The van der Waals surface area contributed by atoms with Gasteiger partial charge in [0.25, 0.3) is 0 Å². The predicted molar refractivity (Wildman–Crippen MR) is 114 cm³/mol. The fourth-order valence-corrected chi connectivity index (χ4v) is 3.02. The molecule has 0 aliphatic rings. The number of hydrogen-bond donors (Lipinski definition) is 1. The molecular formula is C22H26BrNO4. The lowest BCUT2D eigenvalue weighted by Crippen LogP contribution is -2.13. The van der Waals surface area contributed by atoms with Crippen molar-refractivity contribution in [2.45, 2.75) is 39.0 Å². The van der Waals surface area contributed by atoms with Crippen LogP contribution >= 0.6 is 15.9 Å². The number of nitrogens with one attached hydrogen (secondary N) is 1. The van der Waals surface area contributed by atoms with Crippen LogP contribution in [-0.4, -0.2) is 25.6 Å². The highest BCUT2D eigenvalue weighted by atomic mass is 79.9. The second kappa shape index (κ2) is 9.73. The van der Waals surface area contributed by atoms with E-state index in [2.05, 4.69) is 58.9 Å². The van der Waals surface area contributed by atoms with Gasteiger partial charge in [-0.25, -0.2) is 4.79 Å². The fraction of sp³-hybridized carbons (Fsp3) is 0.364. The highest BCUT2D eigenvalue weighted by Gasteiger charge is 2.15. The molecule has 0 unspecified atom stereocenters. The van der Waals surface area contributed by atoms with Crippen LogP contribution in [0.2, 0.25) is 0 Å². The van der Waals surface area contributed by atoms with Crippen LogP contribution in [0.25, 0.3) is 0 Å². The molecule has 1 N–H and O–H groups in total. The van der Waals surface area contributed by atoms with Gasteiger partial charge in [-0.15, -0.1) is 0 Å². The monoisotopic (exact) mass is 447 g/mol. The van der Waals surface area contributed by atoms with Crippen molar-refractivity contribution in [1.82, 2.24) is 0 Å². The normalized spacial score (nSPS) is 11.0. The van der Waals surface area contributed by atoms with Crippen LogP contribution < -0.4 is 10.1 Å². The molecule has 0 bridgehead atoms. The largest absolute Gasteiger partial charge is 0.492 e. The number of esters is 1. The van der Waals surface area contributed by atoms with E-state index in [1.54, 1.807) is 24.3 Å². The molecule has 0 radical (unpaired) electrons. The van der Waals surface area contributed by atoms with Crippen LogP contribution in [0.4, 0.5) is 5.69 Å². The van der Waals surface area contributed by atoms with Gasteiger partial charge in [-0.1, -0.05) is 26.8 Å². The molecule has 0 fully saturated rings. The Kier molecular flexibility index (Phi) is 7.63. The van der Waals surface area contributed by atoms with E-state index in [4.69, 9.17) is 4.74 Å². The Morgan fingerprint density at radius 1 is 1.07 bits per heavy atom. The minimum atomic E-state index is -0.406. The van der Waals surface area contributed by atoms with E-state index in [9.17, 15) is 9.59 Å². The van der Waals surface area contributed by atoms with Gasteiger partial charge >= 0.3 is 5.97 Å². The van der Waals surface area contributed by atoms with E-state index in [0.29, 0.717) is 30.7 Å². The number of rotatable bonds is 7. The van der Waals surface area contributed by atoms with Crippen molar-refractivity contribution in [2.24, 2.45) is 0 Å². The van der Waals surface area contributed by atoms with Crippen LogP contribution in [0.3, 0.4) is 0 Å². The van der Waals surface area contributed by atoms with Crippen molar-refractivity contribution in [3.63, 3.8) is 0 Å². The van der Waals surface area contributed by atoms with Crippen molar-refractivity contribution < 1.29 is 19.1 Å². The number of ether oxygens (including phenoxy) is 2. The molecule has 0 saturated carbocycles. The highest BCUT2D eigenvalue weighted by Crippen LogP contribution is 2.31. The molecule has 0 heterocycles. The van der Waals surface area contributed by atoms with Crippen molar-refractivity contribution >= 4 is 33.5 Å². The van der Waals surface area contributed by atoms with Gasteiger partial charge in [0.15, 0.2) is 0 Å². The SMILES string of the molecule is COC(=O)c1ccc(NC(=O)CCCOc2ccc(C(C)(C)C)cc2Br)cc1. The zero-order valence-electron chi connectivity index (χ0n) is 16.7. The van der Waals surface area contributed by atoms with E-state index in [0.717, 1.165) is 10.2 Å². The van der Waals surface area contributed by atoms with Gasteiger partial charge in [0, 0.05) is 12.1 Å². The summed E-state index contributed by atoms with van der Waals surface area (Å²) in [6.07, 6.45) is 0.940. The van der Waals surface area contributed by atoms with Crippen LogP contribution in [0.1, 0.15) is 49.5 Å². The average Bonchev–Trinajstić information content (AvgIpc) is 2.65. The number of carbonyl (C=O) groups is 2. The first-order valence-corrected chi connectivity index (χ1v) is 9.91. The Hall–Kier alpha value is -2.34. The molecule has 5 nitrogen and oxygen atoms in total. The zero-order chi connectivity index (χ0) is 20.7. The van der Waals surface area contributed by atoms with Gasteiger partial charge in [-0.05, 0) is 69.7 Å². The van der Waals surface area contributed by atoms with Crippen molar-refractivity contribution in [2.75, 3.05) is 19.0 Å². The third kappa shape index (κ3) is 6.37. The topological polar surface area (TPSA) is 64.6 Å². The summed E-state index contributed by atoms with van der Waals surface area (Å²) in [5.41, 5.74) is 2.38. The maximum Gasteiger partial charge on any atom is 0.337 e. The first kappa shape index (κ1) is 22.0. The van der Waals surface area contributed by atoms with Gasteiger partial charge < -0.3 is 14.8 Å². The van der Waals surface area contributed by atoms with Gasteiger partial charge in [0.2, 0.25) is 5.91 Å². The summed E-state index contributed by atoms with van der Waals surface area (Å²) in [5.74, 6) is 0.264. The summed E-state index contributed by atoms with van der Waals surface area (Å²) in [4.78, 5) is 23.5. The molecule has 28 heavy (non-hydrogen) atoms. The van der Waals surface area contributed by atoms with Crippen LogP contribution in [0.15, 0.2) is 46.9 Å². The Labute approximate surface area is 174 Å². The van der Waals surface area contributed by atoms with Crippen molar-refractivity contribution in [3.05, 3.63) is 58.1 Å². The molecule has 0 saturated heterocycles. The molecule has 6 heteroatoms. The summed E-state index contributed by atoms with van der Waals surface area (Å²) < 4.78 is 11.3. The molecule has 0 aromatic heterocycles. The maximum absolute atomic E-state index is 12.1. The quantitative estimate of drug-likeness (QED) is 0.459. The molecule has 2 aromatic rings. The van der Waals surface area contributed by atoms with E-state index in [1.807, 2.05) is 6.07 Å².